The highest BCUT2D eigenvalue weighted by Crippen LogP contribution is 2.22. The molecule has 116 valence electrons. The van der Waals surface area contributed by atoms with E-state index in [0.717, 1.165) is 16.9 Å². The van der Waals surface area contributed by atoms with Crippen LogP contribution in [0.5, 0.6) is 0 Å². The first-order valence-electron chi connectivity index (χ1n) is 7.44. The summed E-state index contributed by atoms with van der Waals surface area (Å²) < 4.78 is 0. The molecule has 0 saturated heterocycles. The van der Waals surface area contributed by atoms with Gasteiger partial charge in [0.05, 0.1) is 11.1 Å². The molecule has 0 fully saturated rings. The number of nitrogens with one attached hydrogen (secondary N) is 1. The second-order valence-corrected chi connectivity index (χ2v) is 5.34. The Hall–Kier alpha value is -2.95. The van der Waals surface area contributed by atoms with Gasteiger partial charge in [0.1, 0.15) is 6.54 Å². The van der Waals surface area contributed by atoms with E-state index in [1.807, 2.05) is 25.1 Å². The van der Waals surface area contributed by atoms with Gasteiger partial charge in [-0.1, -0.05) is 31.2 Å². The van der Waals surface area contributed by atoms with E-state index in [0.29, 0.717) is 16.8 Å². The van der Waals surface area contributed by atoms with Gasteiger partial charge in [0, 0.05) is 5.69 Å². The third-order valence-electron chi connectivity index (χ3n) is 3.80. The number of fused-ring (bicyclic) bond motifs is 1. The monoisotopic (exact) mass is 308 g/mol. The highest BCUT2D eigenvalue weighted by atomic mass is 16.2. The summed E-state index contributed by atoms with van der Waals surface area (Å²) in [6.07, 6.45) is 0.863. The zero-order valence-corrected chi connectivity index (χ0v) is 12.7. The molecule has 0 bridgehead atoms. The van der Waals surface area contributed by atoms with Crippen molar-refractivity contribution < 1.29 is 14.4 Å². The van der Waals surface area contributed by atoms with Crippen molar-refractivity contribution in [1.29, 1.82) is 0 Å². The van der Waals surface area contributed by atoms with Crippen LogP contribution in [0.4, 0.5) is 5.69 Å². The zero-order valence-electron chi connectivity index (χ0n) is 12.7. The molecule has 3 amide bonds. The van der Waals surface area contributed by atoms with Crippen molar-refractivity contribution >= 4 is 23.4 Å². The fourth-order valence-corrected chi connectivity index (χ4v) is 2.60. The van der Waals surface area contributed by atoms with E-state index in [1.54, 1.807) is 30.3 Å². The molecule has 2 aromatic carbocycles. The highest BCUT2D eigenvalue weighted by molar-refractivity contribution is 6.22. The molecular formula is C18H16N2O3. The second-order valence-electron chi connectivity index (χ2n) is 5.34. The lowest BCUT2D eigenvalue weighted by atomic mass is 10.1. The van der Waals surface area contributed by atoms with E-state index in [9.17, 15) is 14.4 Å². The molecule has 0 saturated carbocycles. The fraction of sp³-hybridized carbons (Fsp3) is 0.167. The lowest BCUT2D eigenvalue weighted by Crippen LogP contribution is -2.37. The minimum absolute atomic E-state index is 0.289. The smallest absolute Gasteiger partial charge is 0.262 e. The van der Waals surface area contributed by atoms with Crippen molar-refractivity contribution in [2.45, 2.75) is 13.3 Å². The van der Waals surface area contributed by atoms with Gasteiger partial charge in [-0.05, 0) is 36.2 Å². The number of aryl methyl sites for hydroxylation is 1. The maximum Gasteiger partial charge on any atom is 0.262 e. The summed E-state index contributed by atoms with van der Waals surface area (Å²) in [5.41, 5.74) is 2.45. The van der Waals surface area contributed by atoms with Crippen molar-refractivity contribution in [3.8, 4) is 0 Å². The Labute approximate surface area is 133 Å². The van der Waals surface area contributed by atoms with Crippen LogP contribution < -0.4 is 5.32 Å². The molecule has 0 aliphatic carbocycles. The van der Waals surface area contributed by atoms with Gasteiger partial charge in [0.2, 0.25) is 5.91 Å². The lowest BCUT2D eigenvalue weighted by Gasteiger charge is -2.14. The molecule has 1 N–H and O–H groups in total. The van der Waals surface area contributed by atoms with E-state index in [4.69, 9.17) is 0 Å². The van der Waals surface area contributed by atoms with Gasteiger partial charge in [0.25, 0.3) is 11.8 Å². The van der Waals surface area contributed by atoms with Crippen LogP contribution in [-0.4, -0.2) is 29.2 Å². The quantitative estimate of drug-likeness (QED) is 0.882. The van der Waals surface area contributed by atoms with E-state index >= 15 is 0 Å². The number of carbonyl (C=O) groups excluding carboxylic acids is 3. The van der Waals surface area contributed by atoms with Gasteiger partial charge in [-0.15, -0.1) is 0 Å². The summed E-state index contributed by atoms with van der Waals surface area (Å²) >= 11 is 0. The highest BCUT2D eigenvalue weighted by Gasteiger charge is 2.36. The summed E-state index contributed by atoms with van der Waals surface area (Å²) in [6.45, 7) is 1.74. The predicted octanol–water partition coefficient (Wildman–Crippen LogP) is 2.48. The number of imide groups is 1. The number of rotatable bonds is 4. The number of hydrogen-bond donors (Lipinski definition) is 1. The van der Waals surface area contributed by atoms with Crippen molar-refractivity contribution in [2.24, 2.45) is 0 Å². The van der Waals surface area contributed by atoms with Crippen LogP contribution >= 0.6 is 0 Å². The Morgan fingerprint density at radius 3 is 2.26 bits per heavy atom. The Morgan fingerprint density at radius 1 is 1.00 bits per heavy atom. The van der Waals surface area contributed by atoms with Crippen molar-refractivity contribution in [2.75, 3.05) is 11.9 Å². The van der Waals surface area contributed by atoms with E-state index in [-0.39, 0.29) is 6.54 Å². The number of amides is 3. The first kappa shape index (κ1) is 15.0. The summed E-state index contributed by atoms with van der Waals surface area (Å²) in [7, 11) is 0. The molecule has 5 heteroatoms. The molecule has 2 aromatic rings. The third kappa shape index (κ3) is 2.85. The van der Waals surface area contributed by atoms with E-state index in [1.165, 1.54) is 0 Å². The molecule has 23 heavy (non-hydrogen) atoms. The largest absolute Gasteiger partial charge is 0.325 e. The molecule has 1 heterocycles. The van der Waals surface area contributed by atoms with Gasteiger partial charge in [-0.25, -0.2) is 0 Å². The Balaban J connectivity index is 1.71. The number of nitrogens with zero attached hydrogens (tertiary/aromatic N) is 1. The molecular weight excluding hydrogens is 292 g/mol. The third-order valence-corrected chi connectivity index (χ3v) is 3.80. The van der Waals surface area contributed by atoms with Crippen LogP contribution in [0.15, 0.2) is 48.5 Å². The van der Waals surface area contributed by atoms with Crippen LogP contribution in [0, 0.1) is 0 Å². The number of hydrogen-bond acceptors (Lipinski definition) is 3. The average molecular weight is 308 g/mol. The van der Waals surface area contributed by atoms with Crippen molar-refractivity contribution in [3.63, 3.8) is 0 Å². The minimum Gasteiger partial charge on any atom is -0.325 e. The van der Waals surface area contributed by atoms with Gasteiger partial charge in [-0.3, -0.25) is 19.3 Å². The summed E-state index contributed by atoms with van der Waals surface area (Å²) in [5.74, 6) is -1.25. The van der Waals surface area contributed by atoms with E-state index in [2.05, 4.69) is 5.32 Å². The van der Waals surface area contributed by atoms with Crippen LogP contribution in [0.2, 0.25) is 0 Å². The Kier molecular flexibility index (Phi) is 3.93. The first-order valence-corrected chi connectivity index (χ1v) is 7.44. The maximum absolute atomic E-state index is 12.2. The number of benzene rings is 2. The van der Waals surface area contributed by atoms with Crippen LogP contribution in [0.25, 0.3) is 0 Å². The molecule has 0 atom stereocenters. The molecule has 1 aliphatic rings. The first-order chi connectivity index (χ1) is 11.1. The van der Waals surface area contributed by atoms with Crippen molar-refractivity contribution in [3.05, 3.63) is 65.2 Å². The standard InChI is InChI=1S/C18H16N2O3/c1-2-12-6-5-7-13(10-12)19-16(21)11-20-17(22)14-8-3-4-9-15(14)18(20)23/h3-10H,2,11H2,1H3,(H,19,21). The average Bonchev–Trinajstić information content (AvgIpc) is 2.80. The maximum atomic E-state index is 12.2. The summed E-state index contributed by atoms with van der Waals surface area (Å²) in [4.78, 5) is 37.6. The fourth-order valence-electron chi connectivity index (χ4n) is 2.60. The van der Waals surface area contributed by atoms with Crippen LogP contribution in [0.1, 0.15) is 33.2 Å². The molecule has 0 radical (unpaired) electrons. The number of carbonyl (C=O) groups is 3. The molecule has 1 aliphatic heterocycles. The molecule has 5 nitrogen and oxygen atoms in total. The summed E-state index contributed by atoms with van der Waals surface area (Å²) in [6, 6.07) is 14.1. The van der Waals surface area contributed by atoms with Crippen molar-refractivity contribution in [1.82, 2.24) is 4.90 Å². The van der Waals surface area contributed by atoms with Gasteiger partial charge < -0.3 is 5.32 Å². The van der Waals surface area contributed by atoms with E-state index < -0.39 is 17.7 Å². The Morgan fingerprint density at radius 2 is 1.65 bits per heavy atom. The van der Waals surface area contributed by atoms with Crippen LogP contribution in [0.3, 0.4) is 0 Å². The van der Waals surface area contributed by atoms with Gasteiger partial charge in [-0.2, -0.15) is 0 Å². The normalized spacial score (nSPS) is 13.2. The SMILES string of the molecule is CCc1cccc(NC(=O)CN2C(=O)c3ccccc3C2=O)c1. The predicted molar refractivity (Wildman–Crippen MR) is 86.3 cm³/mol. The molecule has 0 aromatic heterocycles. The Bertz CT molecular complexity index is 763. The summed E-state index contributed by atoms with van der Waals surface area (Å²) in [5, 5.41) is 2.73. The van der Waals surface area contributed by atoms with Crippen LogP contribution in [-0.2, 0) is 11.2 Å². The molecule has 0 spiro atoms. The zero-order chi connectivity index (χ0) is 16.4. The lowest BCUT2D eigenvalue weighted by molar-refractivity contribution is -0.116. The van der Waals surface area contributed by atoms with Gasteiger partial charge >= 0.3 is 0 Å². The number of anilines is 1. The molecule has 0 unspecified atom stereocenters. The minimum atomic E-state index is -0.428. The molecule has 3 rings (SSSR count). The van der Waals surface area contributed by atoms with Gasteiger partial charge in [0.15, 0.2) is 0 Å². The second kappa shape index (κ2) is 6.04. The topological polar surface area (TPSA) is 66.5 Å².